The molecule has 0 saturated heterocycles. The molecule has 0 aliphatic carbocycles. The second kappa shape index (κ2) is 6.24. The lowest BCUT2D eigenvalue weighted by Crippen LogP contribution is -2.27. The molecule has 3 rings (SSSR count). The predicted molar refractivity (Wildman–Crippen MR) is 87.4 cm³/mol. The van der Waals surface area contributed by atoms with E-state index >= 15 is 0 Å². The lowest BCUT2D eigenvalue weighted by Gasteiger charge is -2.22. The van der Waals surface area contributed by atoms with E-state index in [0.717, 1.165) is 5.82 Å². The first-order chi connectivity index (χ1) is 10.3. The zero-order chi connectivity index (χ0) is 14.7. The topological polar surface area (TPSA) is 29.9 Å². The van der Waals surface area contributed by atoms with Crippen LogP contribution in [0.25, 0.3) is 0 Å². The minimum absolute atomic E-state index is 0.111. The summed E-state index contributed by atoms with van der Waals surface area (Å²) >= 11 is 1.76. The highest BCUT2D eigenvalue weighted by atomic mass is 32.1. The maximum atomic E-state index is 4.53. The summed E-state index contributed by atoms with van der Waals surface area (Å²) in [5.41, 5.74) is 1.29. The Hall–Kier alpha value is -1.91. The average Bonchev–Trinajstić information content (AvgIpc) is 3.17. The average molecular weight is 297 g/mol. The Morgan fingerprint density at radius 1 is 1.14 bits per heavy atom. The molecule has 3 aromatic rings. The van der Waals surface area contributed by atoms with Gasteiger partial charge in [0.15, 0.2) is 0 Å². The van der Waals surface area contributed by atoms with Crippen molar-refractivity contribution in [3.8, 4) is 0 Å². The summed E-state index contributed by atoms with van der Waals surface area (Å²) < 4.78 is 2.08. The molecular weight excluding hydrogens is 278 g/mol. The minimum Gasteiger partial charge on any atom is -0.336 e. The molecule has 2 aromatic heterocycles. The van der Waals surface area contributed by atoms with E-state index < -0.39 is 0 Å². The number of hydrogen-bond acceptors (Lipinski definition) is 3. The zero-order valence-corrected chi connectivity index (χ0v) is 13.0. The summed E-state index contributed by atoms with van der Waals surface area (Å²) in [5, 5.41) is 5.82. The molecule has 1 N–H and O–H groups in total. The number of imidazole rings is 1. The molecule has 0 radical (unpaired) electrons. The van der Waals surface area contributed by atoms with Crippen LogP contribution in [0.5, 0.6) is 0 Å². The van der Waals surface area contributed by atoms with Crippen molar-refractivity contribution in [1.82, 2.24) is 14.9 Å². The van der Waals surface area contributed by atoms with E-state index in [0.29, 0.717) is 0 Å². The van der Waals surface area contributed by atoms with E-state index in [1.165, 1.54) is 10.4 Å². The van der Waals surface area contributed by atoms with Crippen LogP contribution >= 0.6 is 11.3 Å². The molecule has 21 heavy (non-hydrogen) atoms. The zero-order valence-electron chi connectivity index (χ0n) is 12.2. The number of nitrogens with one attached hydrogen (secondary N) is 1. The maximum Gasteiger partial charge on any atom is 0.131 e. The van der Waals surface area contributed by atoms with Gasteiger partial charge in [0.2, 0.25) is 0 Å². The van der Waals surface area contributed by atoms with Crippen molar-refractivity contribution < 1.29 is 0 Å². The largest absolute Gasteiger partial charge is 0.336 e. The summed E-state index contributed by atoms with van der Waals surface area (Å²) in [5.74, 6) is 1.04. The van der Waals surface area contributed by atoms with Gasteiger partial charge in [-0.2, -0.15) is 0 Å². The van der Waals surface area contributed by atoms with Crippen LogP contribution in [0.3, 0.4) is 0 Å². The fourth-order valence-electron chi connectivity index (χ4n) is 2.48. The van der Waals surface area contributed by atoms with Crippen LogP contribution in [0.15, 0.2) is 60.2 Å². The molecule has 0 fully saturated rings. The van der Waals surface area contributed by atoms with Crippen molar-refractivity contribution >= 4 is 11.3 Å². The first-order valence-corrected chi connectivity index (χ1v) is 7.95. The molecule has 0 bridgehead atoms. The van der Waals surface area contributed by atoms with Gasteiger partial charge in [0.1, 0.15) is 11.9 Å². The third kappa shape index (κ3) is 3.06. The van der Waals surface area contributed by atoms with Gasteiger partial charge in [0.25, 0.3) is 0 Å². The maximum absolute atomic E-state index is 4.53. The predicted octanol–water partition coefficient (Wildman–Crippen LogP) is 3.92. The molecule has 0 aliphatic heterocycles. The van der Waals surface area contributed by atoms with E-state index in [1.807, 2.05) is 25.5 Å². The first kappa shape index (κ1) is 14.0. The van der Waals surface area contributed by atoms with Gasteiger partial charge >= 0.3 is 0 Å². The number of aromatic nitrogens is 2. The highest BCUT2D eigenvalue weighted by Gasteiger charge is 2.21. The highest BCUT2D eigenvalue weighted by Crippen LogP contribution is 2.27. The third-order valence-electron chi connectivity index (χ3n) is 3.66. The van der Waals surface area contributed by atoms with Crippen LogP contribution in [0.1, 0.15) is 35.3 Å². The molecule has 0 spiro atoms. The van der Waals surface area contributed by atoms with Gasteiger partial charge in [0.05, 0.1) is 0 Å². The van der Waals surface area contributed by atoms with Crippen molar-refractivity contribution in [2.24, 2.45) is 7.05 Å². The number of benzene rings is 1. The van der Waals surface area contributed by atoms with Crippen LogP contribution in [0.2, 0.25) is 0 Å². The molecule has 4 heteroatoms. The SMILES string of the molecule is CC(NC(c1cccs1)c1nccn1C)c1ccccc1. The first-order valence-electron chi connectivity index (χ1n) is 7.07. The summed E-state index contributed by atoms with van der Waals surface area (Å²) in [6, 6.07) is 15.1. The van der Waals surface area contributed by atoms with Crippen molar-refractivity contribution in [3.63, 3.8) is 0 Å². The second-order valence-corrected chi connectivity index (χ2v) is 6.12. The standard InChI is InChI=1S/C17H19N3S/c1-13(14-7-4-3-5-8-14)19-16(15-9-6-12-21-15)17-18-10-11-20(17)2/h3-13,16,19H,1-2H3. The fourth-order valence-corrected chi connectivity index (χ4v) is 3.26. The van der Waals surface area contributed by atoms with Gasteiger partial charge in [-0.25, -0.2) is 4.98 Å². The smallest absolute Gasteiger partial charge is 0.131 e. The van der Waals surface area contributed by atoms with Crippen LogP contribution in [-0.2, 0) is 7.05 Å². The Labute approximate surface area is 129 Å². The molecule has 3 nitrogen and oxygen atoms in total. The highest BCUT2D eigenvalue weighted by molar-refractivity contribution is 7.10. The van der Waals surface area contributed by atoms with Crippen molar-refractivity contribution in [1.29, 1.82) is 0 Å². The number of thiophene rings is 1. The molecular formula is C17H19N3S. The fraction of sp³-hybridized carbons (Fsp3) is 0.235. The molecule has 0 aliphatic rings. The third-order valence-corrected chi connectivity index (χ3v) is 4.60. The van der Waals surface area contributed by atoms with E-state index in [4.69, 9.17) is 0 Å². The molecule has 2 heterocycles. The van der Waals surface area contributed by atoms with Gasteiger partial charge in [-0.3, -0.25) is 5.32 Å². The summed E-state index contributed by atoms with van der Waals surface area (Å²) in [4.78, 5) is 5.81. The monoisotopic (exact) mass is 297 g/mol. The minimum atomic E-state index is 0.111. The van der Waals surface area contributed by atoms with E-state index in [1.54, 1.807) is 11.3 Å². The lowest BCUT2D eigenvalue weighted by atomic mass is 10.1. The Morgan fingerprint density at radius 2 is 1.95 bits per heavy atom. The molecule has 2 unspecified atom stereocenters. The quantitative estimate of drug-likeness (QED) is 0.773. The molecule has 2 atom stereocenters. The summed E-state index contributed by atoms with van der Waals surface area (Å²) in [6.07, 6.45) is 3.84. The number of hydrogen-bond donors (Lipinski definition) is 1. The normalized spacial score (nSPS) is 14.0. The van der Waals surface area contributed by atoms with Gasteiger partial charge < -0.3 is 4.57 Å². The van der Waals surface area contributed by atoms with Crippen LogP contribution in [0, 0.1) is 0 Å². The molecule has 108 valence electrons. The van der Waals surface area contributed by atoms with Crippen LogP contribution in [0.4, 0.5) is 0 Å². The van der Waals surface area contributed by atoms with Crippen LogP contribution in [-0.4, -0.2) is 9.55 Å². The van der Waals surface area contributed by atoms with E-state index in [9.17, 15) is 0 Å². The molecule has 0 saturated carbocycles. The van der Waals surface area contributed by atoms with Gasteiger partial charge in [-0.1, -0.05) is 36.4 Å². The van der Waals surface area contributed by atoms with E-state index in [2.05, 4.69) is 63.6 Å². The molecule has 1 aromatic carbocycles. The Balaban J connectivity index is 1.89. The summed E-state index contributed by atoms with van der Waals surface area (Å²) in [6.45, 7) is 2.19. The van der Waals surface area contributed by atoms with Crippen molar-refractivity contribution in [2.45, 2.75) is 19.0 Å². The van der Waals surface area contributed by atoms with Crippen molar-refractivity contribution in [3.05, 3.63) is 76.5 Å². The second-order valence-electron chi connectivity index (χ2n) is 5.14. The Morgan fingerprint density at radius 3 is 2.57 bits per heavy atom. The van der Waals surface area contributed by atoms with Crippen LogP contribution < -0.4 is 5.32 Å². The van der Waals surface area contributed by atoms with Gasteiger partial charge in [-0.05, 0) is 23.9 Å². The van der Waals surface area contributed by atoms with Crippen molar-refractivity contribution in [2.75, 3.05) is 0 Å². The van der Waals surface area contributed by atoms with Gasteiger partial charge in [0, 0.05) is 30.4 Å². The number of nitrogens with zero attached hydrogens (tertiary/aromatic N) is 2. The lowest BCUT2D eigenvalue weighted by molar-refractivity contribution is 0.494. The Kier molecular flexibility index (Phi) is 4.18. The number of rotatable bonds is 5. The summed E-state index contributed by atoms with van der Waals surface area (Å²) in [7, 11) is 2.04. The van der Waals surface area contributed by atoms with E-state index in [-0.39, 0.29) is 12.1 Å². The Bertz CT molecular complexity index is 673. The molecule has 0 amide bonds. The number of aryl methyl sites for hydroxylation is 1. The van der Waals surface area contributed by atoms with Gasteiger partial charge in [-0.15, -0.1) is 11.3 Å².